The number of carbonyl (C=O) groups excluding carboxylic acids is 1. The van der Waals surface area contributed by atoms with Crippen LogP contribution in [-0.2, 0) is 4.79 Å². The summed E-state index contributed by atoms with van der Waals surface area (Å²) >= 11 is 3.31. The Bertz CT molecular complexity index is 584. The standard InChI is InChI=1S/C10H7BrN4O/c11-10-6-2-1-3-7(9(6)14-15-10)13-8(16)4-5-12/h1-3H,4H2,(H,13,16)(H,14,15). The molecule has 5 nitrogen and oxygen atoms in total. The van der Waals surface area contributed by atoms with Gasteiger partial charge in [-0.05, 0) is 28.1 Å². The van der Waals surface area contributed by atoms with Crippen molar-refractivity contribution >= 4 is 38.4 Å². The molecule has 0 radical (unpaired) electrons. The normalized spacial score (nSPS) is 10.0. The third kappa shape index (κ3) is 1.90. The fourth-order valence-corrected chi connectivity index (χ4v) is 1.78. The lowest BCUT2D eigenvalue weighted by Crippen LogP contribution is -2.10. The molecule has 0 aliphatic rings. The lowest BCUT2D eigenvalue weighted by Gasteiger charge is -2.02. The summed E-state index contributed by atoms with van der Waals surface area (Å²) in [7, 11) is 0. The number of hydrogen-bond donors (Lipinski definition) is 2. The monoisotopic (exact) mass is 278 g/mol. The van der Waals surface area contributed by atoms with Crippen LogP contribution in [-0.4, -0.2) is 16.1 Å². The van der Waals surface area contributed by atoms with Gasteiger partial charge in [0.25, 0.3) is 0 Å². The van der Waals surface area contributed by atoms with Crippen LogP contribution in [0.2, 0.25) is 0 Å². The maximum atomic E-state index is 11.3. The third-order valence-corrected chi connectivity index (χ3v) is 2.66. The van der Waals surface area contributed by atoms with Gasteiger partial charge < -0.3 is 5.32 Å². The van der Waals surface area contributed by atoms with Gasteiger partial charge in [-0.3, -0.25) is 9.89 Å². The molecular formula is C10H7BrN4O. The number of carbonyl (C=O) groups is 1. The zero-order valence-corrected chi connectivity index (χ0v) is 9.71. The van der Waals surface area contributed by atoms with E-state index in [-0.39, 0.29) is 12.3 Å². The second kappa shape index (κ2) is 4.33. The molecule has 2 rings (SSSR count). The van der Waals surface area contributed by atoms with Gasteiger partial charge in [-0.1, -0.05) is 6.07 Å². The van der Waals surface area contributed by atoms with Crippen molar-refractivity contribution in [2.45, 2.75) is 6.42 Å². The van der Waals surface area contributed by atoms with Gasteiger partial charge in [0.1, 0.15) is 16.5 Å². The summed E-state index contributed by atoms with van der Waals surface area (Å²) < 4.78 is 0.763. The molecule has 1 aromatic heterocycles. The number of rotatable bonds is 2. The first-order valence-corrected chi connectivity index (χ1v) is 5.31. The Morgan fingerprint density at radius 1 is 1.62 bits per heavy atom. The van der Waals surface area contributed by atoms with E-state index in [1.807, 2.05) is 12.1 Å². The van der Waals surface area contributed by atoms with Gasteiger partial charge in [-0.15, -0.1) is 0 Å². The van der Waals surface area contributed by atoms with Crippen LogP contribution >= 0.6 is 15.9 Å². The van der Waals surface area contributed by atoms with E-state index in [1.165, 1.54) is 0 Å². The average molecular weight is 279 g/mol. The van der Waals surface area contributed by atoms with Gasteiger partial charge in [-0.25, -0.2) is 0 Å². The Hall–Kier alpha value is -1.87. The van der Waals surface area contributed by atoms with E-state index in [4.69, 9.17) is 5.26 Å². The number of anilines is 1. The maximum Gasteiger partial charge on any atom is 0.238 e. The van der Waals surface area contributed by atoms with Crippen LogP contribution in [0.5, 0.6) is 0 Å². The molecule has 1 aromatic carbocycles. The Labute approximate surface area is 99.6 Å². The molecular weight excluding hydrogens is 272 g/mol. The molecule has 2 N–H and O–H groups in total. The minimum Gasteiger partial charge on any atom is -0.323 e. The summed E-state index contributed by atoms with van der Waals surface area (Å²) in [5, 5.41) is 18.7. The summed E-state index contributed by atoms with van der Waals surface area (Å²) in [6.07, 6.45) is -0.165. The van der Waals surface area contributed by atoms with E-state index in [9.17, 15) is 4.79 Å². The molecule has 0 spiro atoms. The number of hydrogen-bond acceptors (Lipinski definition) is 3. The Morgan fingerprint density at radius 2 is 2.44 bits per heavy atom. The van der Waals surface area contributed by atoms with Crippen molar-refractivity contribution in [3.8, 4) is 6.07 Å². The largest absolute Gasteiger partial charge is 0.323 e. The fraction of sp³-hybridized carbons (Fsp3) is 0.100. The van der Waals surface area contributed by atoms with Gasteiger partial charge in [0.05, 0.1) is 11.8 Å². The molecule has 0 saturated heterocycles. The molecule has 0 unspecified atom stereocenters. The lowest BCUT2D eigenvalue weighted by atomic mass is 10.2. The molecule has 0 saturated carbocycles. The maximum absolute atomic E-state index is 11.3. The number of nitrogens with one attached hydrogen (secondary N) is 2. The molecule has 2 aromatic rings. The Balaban J connectivity index is 2.38. The number of halogens is 1. The first-order valence-electron chi connectivity index (χ1n) is 4.52. The number of amides is 1. The molecule has 0 aliphatic heterocycles. The first kappa shape index (κ1) is 10.6. The molecule has 1 amide bonds. The second-order valence-electron chi connectivity index (χ2n) is 3.12. The SMILES string of the molecule is N#CCC(=O)Nc1cccc2c(Br)[nH]nc12. The number of nitrogens with zero attached hydrogens (tertiary/aromatic N) is 2. The quantitative estimate of drug-likeness (QED) is 0.883. The van der Waals surface area contributed by atoms with Gasteiger partial charge >= 0.3 is 0 Å². The first-order chi connectivity index (χ1) is 7.72. The molecule has 16 heavy (non-hydrogen) atoms. The van der Waals surface area contributed by atoms with Crippen molar-refractivity contribution in [1.29, 1.82) is 5.26 Å². The van der Waals surface area contributed by atoms with Gasteiger partial charge in [-0.2, -0.15) is 10.4 Å². The second-order valence-corrected chi connectivity index (χ2v) is 3.92. The third-order valence-electron chi connectivity index (χ3n) is 2.05. The highest BCUT2D eigenvalue weighted by Gasteiger charge is 2.09. The van der Waals surface area contributed by atoms with Crippen LogP contribution in [0.15, 0.2) is 22.8 Å². The van der Waals surface area contributed by atoms with E-state index in [1.54, 1.807) is 12.1 Å². The number of aromatic amines is 1. The van der Waals surface area contributed by atoms with E-state index >= 15 is 0 Å². The Kier molecular flexibility index (Phi) is 2.88. The van der Waals surface area contributed by atoms with Crippen LogP contribution in [0.4, 0.5) is 5.69 Å². The van der Waals surface area contributed by atoms with Crippen LogP contribution in [0.25, 0.3) is 10.9 Å². The van der Waals surface area contributed by atoms with E-state index < -0.39 is 0 Å². The fourth-order valence-electron chi connectivity index (χ4n) is 1.37. The average Bonchev–Trinajstić information content (AvgIpc) is 2.62. The van der Waals surface area contributed by atoms with Crippen molar-refractivity contribution in [3.05, 3.63) is 22.8 Å². The number of aromatic nitrogens is 2. The number of fused-ring (bicyclic) bond motifs is 1. The Morgan fingerprint density at radius 3 is 3.19 bits per heavy atom. The zero-order chi connectivity index (χ0) is 11.5. The molecule has 1 heterocycles. The molecule has 0 atom stereocenters. The molecule has 0 bridgehead atoms. The predicted molar refractivity (Wildman–Crippen MR) is 62.7 cm³/mol. The summed E-state index contributed by atoms with van der Waals surface area (Å²) in [6.45, 7) is 0. The molecule has 0 fully saturated rings. The number of H-pyrrole nitrogens is 1. The summed E-state index contributed by atoms with van der Waals surface area (Å²) in [6, 6.07) is 7.22. The van der Waals surface area contributed by atoms with Crippen molar-refractivity contribution in [2.75, 3.05) is 5.32 Å². The van der Waals surface area contributed by atoms with E-state index in [0.29, 0.717) is 11.2 Å². The van der Waals surface area contributed by atoms with Crippen LogP contribution in [0.1, 0.15) is 6.42 Å². The minimum absolute atomic E-state index is 0.165. The minimum atomic E-state index is -0.339. The van der Waals surface area contributed by atoms with E-state index in [2.05, 4.69) is 31.4 Å². The highest BCUT2D eigenvalue weighted by atomic mass is 79.9. The van der Waals surface area contributed by atoms with Gasteiger partial charge in [0.15, 0.2) is 0 Å². The number of para-hydroxylation sites is 1. The summed E-state index contributed by atoms with van der Waals surface area (Å²) in [5.74, 6) is -0.339. The van der Waals surface area contributed by atoms with Gasteiger partial charge in [0, 0.05) is 5.39 Å². The summed E-state index contributed by atoms with van der Waals surface area (Å²) in [5.41, 5.74) is 1.26. The smallest absolute Gasteiger partial charge is 0.238 e. The highest BCUT2D eigenvalue weighted by Crippen LogP contribution is 2.26. The summed E-state index contributed by atoms with van der Waals surface area (Å²) in [4.78, 5) is 11.3. The topological polar surface area (TPSA) is 81.6 Å². The van der Waals surface area contributed by atoms with Crippen LogP contribution < -0.4 is 5.32 Å². The van der Waals surface area contributed by atoms with Crippen LogP contribution in [0.3, 0.4) is 0 Å². The zero-order valence-electron chi connectivity index (χ0n) is 8.12. The van der Waals surface area contributed by atoms with Crippen molar-refractivity contribution < 1.29 is 4.79 Å². The predicted octanol–water partition coefficient (Wildman–Crippen LogP) is 2.18. The van der Waals surface area contributed by atoms with Gasteiger partial charge in [0.2, 0.25) is 5.91 Å². The molecule has 0 aliphatic carbocycles. The van der Waals surface area contributed by atoms with Crippen LogP contribution in [0, 0.1) is 11.3 Å². The molecule has 6 heteroatoms. The molecule has 80 valence electrons. The van der Waals surface area contributed by atoms with Crippen molar-refractivity contribution in [2.24, 2.45) is 0 Å². The van der Waals surface area contributed by atoms with Crippen molar-refractivity contribution in [3.63, 3.8) is 0 Å². The highest BCUT2D eigenvalue weighted by molar-refractivity contribution is 9.10. The van der Waals surface area contributed by atoms with E-state index in [0.717, 1.165) is 9.99 Å². The van der Waals surface area contributed by atoms with Crippen molar-refractivity contribution in [1.82, 2.24) is 10.2 Å². The lowest BCUT2D eigenvalue weighted by molar-refractivity contribution is -0.115. The number of benzene rings is 1. The number of nitriles is 1.